The molecule has 118 valence electrons. The van der Waals surface area contributed by atoms with Gasteiger partial charge in [-0.3, -0.25) is 0 Å². The van der Waals surface area contributed by atoms with E-state index in [1.54, 1.807) is 17.7 Å². The van der Waals surface area contributed by atoms with E-state index in [0.29, 0.717) is 6.54 Å². The smallest absolute Gasteiger partial charge is 0.185 e. The van der Waals surface area contributed by atoms with Gasteiger partial charge >= 0.3 is 0 Å². The molecular formula is C16H18N6S. The first-order valence-electron chi connectivity index (χ1n) is 7.81. The number of hydrogen-bond acceptors (Lipinski definition) is 7. The van der Waals surface area contributed by atoms with Crippen LogP contribution in [0.25, 0.3) is 11.0 Å². The summed E-state index contributed by atoms with van der Waals surface area (Å²) in [6, 6.07) is 3.93. The Morgan fingerprint density at radius 2 is 2.04 bits per heavy atom. The second-order valence-electron chi connectivity index (χ2n) is 5.71. The normalized spacial score (nSPS) is 14.6. The molecule has 0 saturated carbocycles. The SMILES string of the molecule is Cc1ccc2ncnc(NCc3csc(N4CCCC4)n3)c2n1. The third-order valence-electron chi connectivity index (χ3n) is 3.97. The number of rotatable bonds is 4. The topological polar surface area (TPSA) is 66.8 Å². The average Bonchev–Trinajstić information content (AvgIpc) is 3.24. The average molecular weight is 326 g/mol. The molecule has 6 nitrogen and oxygen atoms in total. The number of aromatic nitrogens is 4. The summed E-state index contributed by atoms with van der Waals surface area (Å²) in [4.78, 5) is 20.2. The van der Waals surface area contributed by atoms with Crippen molar-refractivity contribution in [3.63, 3.8) is 0 Å². The van der Waals surface area contributed by atoms with Crippen LogP contribution in [0.5, 0.6) is 0 Å². The quantitative estimate of drug-likeness (QED) is 0.795. The summed E-state index contributed by atoms with van der Waals surface area (Å²) in [6.07, 6.45) is 4.11. The predicted molar refractivity (Wildman–Crippen MR) is 93.0 cm³/mol. The zero-order chi connectivity index (χ0) is 15.6. The van der Waals surface area contributed by atoms with Crippen LogP contribution in [0, 0.1) is 6.92 Å². The van der Waals surface area contributed by atoms with Gasteiger partial charge in [0.05, 0.1) is 17.8 Å². The highest BCUT2D eigenvalue weighted by molar-refractivity contribution is 7.13. The minimum atomic E-state index is 0.645. The van der Waals surface area contributed by atoms with Gasteiger partial charge in [-0.2, -0.15) is 0 Å². The Hall–Kier alpha value is -2.28. The fraction of sp³-hybridized carbons (Fsp3) is 0.375. The van der Waals surface area contributed by atoms with E-state index in [-0.39, 0.29) is 0 Å². The Morgan fingerprint density at radius 1 is 1.17 bits per heavy atom. The van der Waals surface area contributed by atoms with E-state index in [9.17, 15) is 0 Å². The molecule has 1 aliphatic rings. The number of thiazole rings is 1. The molecular weight excluding hydrogens is 308 g/mol. The summed E-state index contributed by atoms with van der Waals surface area (Å²) < 4.78 is 0. The van der Waals surface area contributed by atoms with Crippen molar-refractivity contribution in [2.45, 2.75) is 26.3 Å². The molecule has 1 aliphatic heterocycles. The van der Waals surface area contributed by atoms with E-state index in [2.05, 4.69) is 30.5 Å². The third kappa shape index (κ3) is 2.96. The Morgan fingerprint density at radius 3 is 2.91 bits per heavy atom. The van der Waals surface area contributed by atoms with Crippen LogP contribution >= 0.6 is 11.3 Å². The van der Waals surface area contributed by atoms with E-state index in [1.807, 2.05) is 19.1 Å². The zero-order valence-electron chi connectivity index (χ0n) is 13.0. The molecule has 3 aromatic rings. The fourth-order valence-electron chi connectivity index (χ4n) is 2.77. The van der Waals surface area contributed by atoms with Crippen molar-refractivity contribution >= 4 is 33.3 Å². The highest BCUT2D eigenvalue weighted by Gasteiger charge is 2.15. The number of nitrogens with zero attached hydrogens (tertiary/aromatic N) is 5. The Kier molecular flexibility index (Phi) is 3.78. The monoisotopic (exact) mass is 326 g/mol. The van der Waals surface area contributed by atoms with Crippen LogP contribution in [0.2, 0.25) is 0 Å². The van der Waals surface area contributed by atoms with Gasteiger partial charge in [0.25, 0.3) is 0 Å². The lowest BCUT2D eigenvalue weighted by Gasteiger charge is -2.12. The fourth-order valence-corrected chi connectivity index (χ4v) is 3.65. The van der Waals surface area contributed by atoms with E-state index in [4.69, 9.17) is 4.98 Å². The minimum absolute atomic E-state index is 0.645. The van der Waals surface area contributed by atoms with Gasteiger partial charge in [0.1, 0.15) is 11.8 Å². The van der Waals surface area contributed by atoms with Gasteiger partial charge in [0.15, 0.2) is 10.9 Å². The van der Waals surface area contributed by atoms with Gasteiger partial charge in [0, 0.05) is 24.2 Å². The molecule has 23 heavy (non-hydrogen) atoms. The zero-order valence-corrected chi connectivity index (χ0v) is 13.8. The number of nitrogens with one attached hydrogen (secondary N) is 1. The maximum atomic E-state index is 4.72. The Balaban J connectivity index is 1.52. The van der Waals surface area contributed by atoms with Crippen molar-refractivity contribution in [3.8, 4) is 0 Å². The lowest BCUT2D eigenvalue weighted by Crippen LogP contribution is -2.17. The van der Waals surface area contributed by atoms with Crippen LogP contribution in [-0.4, -0.2) is 33.0 Å². The van der Waals surface area contributed by atoms with Gasteiger partial charge < -0.3 is 10.2 Å². The minimum Gasteiger partial charge on any atom is -0.362 e. The van der Waals surface area contributed by atoms with Gasteiger partial charge in [0.2, 0.25) is 0 Å². The Bertz CT molecular complexity index is 824. The van der Waals surface area contributed by atoms with Crippen LogP contribution < -0.4 is 10.2 Å². The molecule has 1 fully saturated rings. The van der Waals surface area contributed by atoms with Crippen LogP contribution in [-0.2, 0) is 6.54 Å². The first kappa shape index (κ1) is 14.3. The molecule has 7 heteroatoms. The number of aryl methyl sites for hydroxylation is 1. The molecule has 0 radical (unpaired) electrons. The van der Waals surface area contributed by atoms with E-state index < -0.39 is 0 Å². The number of hydrogen-bond donors (Lipinski definition) is 1. The summed E-state index contributed by atoms with van der Waals surface area (Å²) in [6.45, 7) is 4.87. The van der Waals surface area contributed by atoms with E-state index in [1.165, 1.54) is 12.8 Å². The largest absolute Gasteiger partial charge is 0.362 e. The molecule has 0 atom stereocenters. The molecule has 4 rings (SSSR count). The summed E-state index contributed by atoms with van der Waals surface area (Å²) in [5.74, 6) is 0.759. The number of fused-ring (bicyclic) bond motifs is 1. The van der Waals surface area contributed by atoms with Gasteiger partial charge in [-0.05, 0) is 31.9 Å². The lowest BCUT2D eigenvalue weighted by molar-refractivity contribution is 0.941. The molecule has 0 spiro atoms. The van der Waals surface area contributed by atoms with Crippen LogP contribution in [0.4, 0.5) is 10.9 Å². The Labute approximate surface area is 138 Å². The van der Waals surface area contributed by atoms with Crippen molar-refractivity contribution < 1.29 is 0 Å². The van der Waals surface area contributed by atoms with Crippen molar-refractivity contribution in [1.82, 2.24) is 19.9 Å². The summed E-state index contributed by atoms with van der Waals surface area (Å²) in [5.41, 5.74) is 3.66. The van der Waals surface area contributed by atoms with Crippen molar-refractivity contribution in [1.29, 1.82) is 0 Å². The molecule has 0 aliphatic carbocycles. The molecule has 0 aromatic carbocycles. The molecule has 3 aromatic heterocycles. The van der Waals surface area contributed by atoms with E-state index >= 15 is 0 Å². The molecule has 0 bridgehead atoms. The van der Waals surface area contributed by atoms with Gasteiger partial charge in [-0.15, -0.1) is 11.3 Å². The molecule has 1 N–H and O–H groups in total. The molecule has 1 saturated heterocycles. The predicted octanol–water partition coefficient (Wildman–Crippen LogP) is 3.00. The summed E-state index contributed by atoms with van der Waals surface area (Å²) >= 11 is 1.71. The second-order valence-corrected chi connectivity index (χ2v) is 6.55. The standard InChI is InChI=1S/C16H18N6S/c1-11-4-5-13-14(20-11)15(19-10-18-13)17-8-12-9-23-16(21-12)22-6-2-3-7-22/h4-5,9-10H,2-3,6-8H2,1H3,(H,17,18,19). The molecule has 0 unspecified atom stereocenters. The number of anilines is 2. The van der Waals surface area contributed by atoms with Crippen molar-refractivity contribution in [2.75, 3.05) is 23.3 Å². The first-order chi connectivity index (χ1) is 11.3. The van der Waals surface area contributed by atoms with Crippen LogP contribution in [0.3, 0.4) is 0 Å². The maximum absolute atomic E-state index is 4.72. The molecule has 4 heterocycles. The van der Waals surface area contributed by atoms with Crippen molar-refractivity contribution in [2.24, 2.45) is 0 Å². The highest BCUT2D eigenvalue weighted by atomic mass is 32.1. The molecule has 0 amide bonds. The maximum Gasteiger partial charge on any atom is 0.185 e. The first-order valence-corrected chi connectivity index (χ1v) is 8.69. The summed E-state index contributed by atoms with van der Waals surface area (Å²) in [7, 11) is 0. The summed E-state index contributed by atoms with van der Waals surface area (Å²) in [5, 5.41) is 6.59. The van der Waals surface area contributed by atoms with Gasteiger partial charge in [-0.1, -0.05) is 0 Å². The van der Waals surface area contributed by atoms with Gasteiger partial charge in [-0.25, -0.2) is 19.9 Å². The van der Waals surface area contributed by atoms with Crippen LogP contribution in [0.15, 0.2) is 23.8 Å². The number of pyridine rings is 1. The second kappa shape index (κ2) is 6.08. The third-order valence-corrected chi connectivity index (χ3v) is 4.92. The van der Waals surface area contributed by atoms with E-state index in [0.717, 1.165) is 46.5 Å². The van der Waals surface area contributed by atoms with Crippen LogP contribution in [0.1, 0.15) is 24.2 Å². The highest BCUT2D eigenvalue weighted by Crippen LogP contribution is 2.25. The van der Waals surface area contributed by atoms with Crippen molar-refractivity contribution in [3.05, 3.63) is 35.2 Å². The lowest BCUT2D eigenvalue weighted by atomic mass is 10.3.